The molecule has 32 heavy (non-hydrogen) atoms. The molecule has 5 nitrogen and oxygen atoms in total. The van der Waals surface area contributed by atoms with Crippen molar-refractivity contribution in [2.75, 3.05) is 11.9 Å². The number of ether oxygens (including phenoxy) is 2. The molecule has 0 aliphatic rings. The first-order chi connectivity index (χ1) is 15.5. The minimum atomic E-state index is -0.703. The van der Waals surface area contributed by atoms with Crippen LogP contribution in [0.1, 0.15) is 73.1 Å². The average Bonchev–Trinajstić information content (AvgIpc) is 2.79. The molecule has 0 bridgehead atoms. The Kier molecular flexibility index (Phi) is 11.1. The maximum absolute atomic E-state index is 12.8. The summed E-state index contributed by atoms with van der Waals surface area (Å²) in [7, 11) is 0. The molecule has 0 atom stereocenters. The van der Waals surface area contributed by atoms with Crippen LogP contribution in [0.15, 0.2) is 48.7 Å². The summed E-state index contributed by atoms with van der Waals surface area (Å²) in [6, 6.07) is 9.74. The van der Waals surface area contributed by atoms with Gasteiger partial charge in [0.1, 0.15) is 5.75 Å². The van der Waals surface area contributed by atoms with E-state index in [2.05, 4.69) is 12.2 Å². The summed E-state index contributed by atoms with van der Waals surface area (Å²) in [5, 5.41) is 3.08. The van der Waals surface area contributed by atoms with E-state index in [1.54, 1.807) is 37.3 Å². The Bertz CT molecular complexity index is 926. The number of carbonyl (C=O) groups excluding carboxylic acids is 2. The van der Waals surface area contributed by atoms with Crippen molar-refractivity contribution in [1.29, 1.82) is 0 Å². The average molecular weight is 478 g/mol. The van der Waals surface area contributed by atoms with Crippen LogP contribution in [0.25, 0.3) is 0 Å². The minimum absolute atomic E-state index is 0.0221. The predicted molar refractivity (Wildman–Crippen MR) is 130 cm³/mol. The van der Waals surface area contributed by atoms with Gasteiger partial charge in [-0.2, -0.15) is 0 Å². The van der Waals surface area contributed by atoms with E-state index in [0.29, 0.717) is 12.3 Å². The van der Waals surface area contributed by atoms with E-state index in [9.17, 15) is 9.59 Å². The minimum Gasteiger partial charge on any atom is -0.494 e. The lowest BCUT2D eigenvalue weighted by Gasteiger charge is -2.11. The molecular weight excluding hydrogens is 449 g/mol. The van der Waals surface area contributed by atoms with E-state index < -0.39 is 11.9 Å². The van der Waals surface area contributed by atoms with Crippen molar-refractivity contribution in [3.8, 4) is 5.75 Å². The normalized spacial score (nSPS) is 10.9. The Morgan fingerprint density at radius 3 is 2.22 bits per heavy atom. The van der Waals surface area contributed by atoms with Gasteiger partial charge in [-0.3, -0.25) is 4.79 Å². The highest BCUT2D eigenvalue weighted by Crippen LogP contribution is 2.27. The monoisotopic (exact) mass is 477 g/mol. The Labute approximate surface area is 199 Å². The molecule has 0 heterocycles. The van der Waals surface area contributed by atoms with E-state index in [1.807, 2.05) is 0 Å². The molecular formula is C25H29Cl2NO4. The molecule has 0 saturated heterocycles. The van der Waals surface area contributed by atoms with Crippen molar-refractivity contribution >= 4 is 40.8 Å². The van der Waals surface area contributed by atoms with Gasteiger partial charge in [0.2, 0.25) is 0 Å². The van der Waals surface area contributed by atoms with Crippen LogP contribution in [0.3, 0.4) is 0 Å². The van der Waals surface area contributed by atoms with E-state index in [0.717, 1.165) is 18.6 Å². The highest BCUT2D eigenvalue weighted by molar-refractivity contribution is 6.42. The molecule has 0 radical (unpaired) electrons. The van der Waals surface area contributed by atoms with Crippen LogP contribution in [-0.2, 0) is 4.74 Å². The van der Waals surface area contributed by atoms with Gasteiger partial charge in [-0.25, -0.2) is 4.79 Å². The van der Waals surface area contributed by atoms with Crippen LogP contribution in [0.2, 0.25) is 10.0 Å². The number of esters is 1. The van der Waals surface area contributed by atoms with Crippen LogP contribution >= 0.6 is 23.2 Å². The molecule has 0 aromatic heterocycles. The molecule has 172 valence electrons. The third-order valence-electron chi connectivity index (χ3n) is 4.71. The number of halogens is 2. The third-order valence-corrected chi connectivity index (χ3v) is 5.44. The molecule has 0 fully saturated rings. The molecule has 1 amide bonds. The van der Waals surface area contributed by atoms with Gasteiger partial charge in [0.05, 0.1) is 34.0 Å². The zero-order chi connectivity index (χ0) is 23.3. The number of anilines is 1. The fourth-order valence-corrected chi connectivity index (χ4v) is 3.33. The Balaban J connectivity index is 1.97. The summed E-state index contributed by atoms with van der Waals surface area (Å²) in [6.45, 7) is 4.58. The van der Waals surface area contributed by atoms with Gasteiger partial charge >= 0.3 is 5.97 Å². The van der Waals surface area contributed by atoms with Gasteiger partial charge in [0.15, 0.2) is 0 Å². The Hall–Kier alpha value is -2.50. The maximum atomic E-state index is 12.8. The summed E-state index contributed by atoms with van der Waals surface area (Å²) in [5.41, 5.74) is 0.645. The third kappa shape index (κ3) is 8.21. The highest BCUT2D eigenvalue weighted by atomic mass is 35.5. The first kappa shape index (κ1) is 25.8. The van der Waals surface area contributed by atoms with Crippen molar-refractivity contribution in [3.05, 3.63) is 69.9 Å². The van der Waals surface area contributed by atoms with Gasteiger partial charge in [0, 0.05) is 5.69 Å². The van der Waals surface area contributed by atoms with E-state index in [4.69, 9.17) is 32.7 Å². The zero-order valence-corrected chi connectivity index (χ0v) is 20.0. The number of allylic oxidation sites excluding steroid dienone is 1. The topological polar surface area (TPSA) is 64.6 Å². The van der Waals surface area contributed by atoms with Gasteiger partial charge in [-0.15, -0.1) is 0 Å². The highest BCUT2D eigenvalue weighted by Gasteiger charge is 2.21. The Morgan fingerprint density at radius 1 is 0.938 bits per heavy atom. The van der Waals surface area contributed by atoms with Crippen molar-refractivity contribution < 1.29 is 19.1 Å². The quantitative estimate of drug-likeness (QED) is 0.193. The number of unbranched alkanes of at least 4 members (excludes halogenated alkanes) is 5. The number of hydrogen-bond acceptors (Lipinski definition) is 4. The SMILES string of the molecule is C/C=C\OC(=O)c1cc(Cl)c(Cl)cc1C(=O)Nc1ccc(OCCCCCCCC)cc1. The molecule has 0 saturated carbocycles. The molecule has 0 aliphatic carbocycles. The number of amides is 1. The van der Waals surface area contributed by atoms with E-state index in [1.165, 1.54) is 44.1 Å². The van der Waals surface area contributed by atoms with Crippen LogP contribution < -0.4 is 10.1 Å². The lowest BCUT2D eigenvalue weighted by Crippen LogP contribution is -2.17. The van der Waals surface area contributed by atoms with E-state index in [-0.39, 0.29) is 21.2 Å². The van der Waals surface area contributed by atoms with E-state index >= 15 is 0 Å². The second kappa shape index (κ2) is 13.8. The summed E-state index contributed by atoms with van der Waals surface area (Å²) < 4.78 is 10.7. The number of nitrogens with one attached hydrogen (secondary N) is 1. The number of carbonyl (C=O) groups is 2. The number of hydrogen-bond donors (Lipinski definition) is 1. The summed E-state index contributed by atoms with van der Waals surface area (Å²) >= 11 is 12.1. The Morgan fingerprint density at radius 2 is 1.56 bits per heavy atom. The molecule has 1 N–H and O–H groups in total. The van der Waals surface area contributed by atoms with Crippen LogP contribution in [-0.4, -0.2) is 18.5 Å². The summed E-state index contributed by atoms with van der Waals surface area (Å²) in [6.07, 6.45) is 10.0. The first-order valence-corrected chi connectivity index (χ1v) is 11.6. The number of benzene rings is 2. The fourth-order valence-electron chi connectivity index (χ4n) is 3.00. The van der Waals surface area contributed by atoms with Crippen molar-refractivity contribution in [3.63, 3.8) is 0 Å². The van der Waals surface area contributed by atoms with Crippen LogP contribution in [0.5, 0.6) is 5.75 Å². The second-order valence-corrected chi connectivity index (χ2v) is 8.10. The summed E-state index contributed by atoms with van der Waals surface area (Å²) in [5.74, 6) is -0.469. The van der Waals surface area contributed by atoms with Crippen LogP contribution in [0, 0.1) is 0 Å². The lowest BCUT2D eigenvalue weighted by atomic mass is 10.1. The van der Waals surface area contributed by atoms with Gasteiger partial charge in [0.25, 0.3) is 5.91 Å². The van der Waals surface area contributed by atoms with Crippen molar-refractivity contribution in [2.24, 2.45) is 0 Å². The second-order valence-electron chi connectivity index (χ2n) is 7.28. The van der Waals surface area contributed by atoms with Crippen molar-refractivity contribution in [1.82, 2.24) is 0 Å². The zero-order valence-electron chi connectivity index (χ0n) is 18.5. The maximum Gasteiger partial charge on any atom is 0.343 e. The molecule has 2 aromatic carbocycles. The molecule has 0 spiro atoms. The molecule has 2 aromatic rings. The molecule has 0 aliphatic heterocycles. The summed E-state index contributed by atoms with van der Waals surface area (Å²) in [4.78, 5) is 25.1. The predicted octanol–water partition coefficient (Wildman–Crippen LogP) is 7.68. The standard InChI is InChI=1S/C25H29Cl2NO4/c1-3-5-6-7-8-9-15-31-19-12-10-18(11-13-19)28-24(29)20-16-22(26)23(27)17-21(20)25(30)32-14-4-2/h4,10-14,16-17H,3,5-9,15H2,1-2H3,(H,28,29)/b14-4-. The largest absolute Gasteiger partial charge is 0.494 e. The van der Waals surface area contributed by atoms with Crippen molar-refractivity contribution in [2.45, 2.75) is 52.4 Å². The van der Waals surface area contributed by atoms with Gasteiger partial charge in [-0.05, 0) is 49.7 Å². The number of rotatable bonds is 12. The smallest absolute Gasteiger partial charge is 0.343 e. The molecule has 2 rings (SSSR count). The first-order valence-electron chi connectivity index (χ1n) is 10.8. The molecule has 7 heteroatoms. The van der Waals surface area contributed by atoms with Gasteiger partial charge in [-0.1, -0.05) is 68.3 Å². The van der Waals surface area contributed by atoms with Gasteiger partial charge < -0.3 is 14.8 Å². The fraction of sp³-hybridized carbons (Fsp3) is 0.360. The lowest BCUT2D eigenvalue weighted by molar-refractivity contribution is 0.0658. The van der Waals surface area contributed by atoms with Crippen LogP contribution in [0.4, 0.5) is 5.69 Å². The molecule has 0 unspecified atom stereocenters.